The van der Waals surface area contributed by atoms with E-state index in [1.54, 1.807) is 0 Å². The van der Waals surface area contributed by atoms with Gasteiger partial charge in [-0.3, -0.25) is 0 Å². The number of hydrogen-bond donors (Lipinski definition) is 1. The molecule has 1 saturated carbocycles. The molecule has 4 heteroatoms. The maximum atomic E-state index is 13.2. The molecule has 0 heterocycles. The molecule has 0 spiro atoms. The number of carboxylic acids is 1. The first kappa shape index (κ1) is 11.4. The minimum atomic E-state index is -3.56. The van der Waals surface area contributed by atoms with Gasteiger partial charge in [0.05, 0.1) is 0 Å². The third-order valence-corrected chi connectivity index (χ3v) is 3.00. The van der Waals surface area contributed by atoms with Gasteiger partial charge in [-0.25, -0.2) is 4.79 Å². The molecule has 1 aliphatic carbocycles. The fourth-order valence-corrected chi connectivity index (χ4v) is 2.18. The van der Waals surface area contributed by atoms with Crippen LogP contribution in [0, 0.1) is 11.3 Å². The van der Waals surface area contributed by atoms with Crippen LogP contribution in [0.4, 0.5) is 8.78 Å². The second-order valence-electron chi connectivity index (χ2n) is 4.89. The van der Waals surface area contributed by atoms with Crippen LogP contribution in [0.1, 0.15) is 39.5 Å². The number of rotatable bonds is 2. The van der Waals surface area contributed by atoms with Gasteiger partial charge in [-0.05, 0) is 24.7 Å². The molecule has 0 bridgehead atoms. The number of alkyl halides is 2. The minimum Gasteiger partial charge on any atom is -0.477 e. The summed E-state index contributed by atoms with van der Waals surface area (Å²) in [5, 5.41) is 8.41. The Balaban J connectivity index is 2.74. The van der Waals surface area contributed by atoms with Crippen molar-refractivity contribution in [2.24, 2.45) is 11.3 Å². The average Bonchev–Trinajstić information content (AvgIpc) is 2.02. The van der Waals surface area contributed by atoms with Crippen LogP contribution < -0.4 is 0 Å². The lowest BCUT2D eigenvalue weighted by Crippen LogP contribution is -2.41. The maximum absolute atomic E-state index is 13.2. The zero-order chi connectivity index (χ0) is 11.0. The Labute approximate surface area is 82.3 Å². The minimum absolute atomic E-state index is 0.151. The van der Waals surface area contributed by atoms with E-state index in [-0.39, 0.29) is 5.41 Å². The van der Waals surface area contributed by atoms with Gasteiger partial charge in [0.1, 0.15) is 0 Å². The van der Waals surface area contributed by atoms with Crippen LogP contribution >= 0.6 is 0 Å². The van der Waals surface area contributed by atoms with Crippen LogP contribution in [0.15, 0.2) is 0 Å². The first-order valence-electron chi connectivity index (χ1n) is 4.87. The fourth-order valence-electron chi connectivity index (χ4n) is 2.18. The Morgan fingerprint density at radius 3 is 2.50 bits per heavy atom. The van der Waals surface area contributed by atoms with Gasteiger partial charge in [0.15, 0.2) is 0 Å². The quantitative estimate of drug-likeness (QED) is 0.754. The molecule has 1 atom stereocenters. The molecule has 1 N–H and O–H groups in total. The third kappa shape index (κ3) is 2.22. The van der Waals surface area contributed by atoms with Gasteiger partial charge in [0.25, 0.3) is 0 Å². The molecule has 14 heavy (non-hydrogen) atoms. The highest BCUT2D eigenvalue weighted by Gasteiger charge is 2.50. The van der Waals surface area contributed by atoms with Crippen molar-refractivity contribution in [2.45, 2.75) is 45.5 Å². The lowest BCUT2D eigenvalue weighted by atomic mass is 9.70. The van der Waals surface area contributed by atoms with Gasteiger partial charge in [-0.1, -0.05) is 20.3 Å². The van der Waals surface area contributed by atoms with Crippen LogP contribution in [0.3, 0.4) is 0 Å². The lowest BCUT2D eigenvalue weighted by Gasteiger charge is -2.37. The van der Waals surface area contributed by atoms with Crippen molar-refractivity contribution in [1.82, 2.24) is 0 Å². The van der Waals surface area contributed by atoms with Crippen molar-refractivity contribution in [1.29, 1.82) is 0 Å². The molecule has 0 aromatic carbocycles. The molecule has 1 fully saturated rings. The zero-order valence-electron chi connectivity index (χ0n) is 8.52. The molecule has 82 valence electrons. The average molecular weight is 206 g/mol. The van der Waals surface area contributed by atoms with E-state index >= 15 is 0 Å². The number of aliphatic carboxylic acids is 1. The van der Waals surface area contributed by atoms with Crippen molar-refractivity contribution >= 4 is 5.97 Å². The molecule has 0 amide bonds. The summed E-state index contributed by atoms with van der Waals surface area (Å²) in [5.74, 6) is -6.54. The number of carboxylic acid groups (broad SMARTS) is 1. The fraction of sp³-hybridized carbons (Fsp3) is 0.900. The number of hydrogen-bond acceptors (Lipinski definition) is 1. The van der Waals surface area contributed by atoms with E-state index in [9.17, 15) is 13.6 Å². The standard InChI is InChI=1S/C10H16F2O2/c1-9(2)5-3-4-7(6-9)10(11,12)8(13)14/h7H,3-6H2,1-2H3,(H,13,14). The Hall–Kier alpha value is -0.670. The molecule has 0 aliphatic heterocycles. The van der Waals surface area contributed by atoms with E-state index in [1.807, 2.05) is 13.8 Å². The summed E-state index contributed by atoms with van der Waals surface area (Å²) < 4.78 is 26.4. The van der Waals surface area contributed by atoms with Gasteiger partial charge in [0.2, 0.25) is 0 Å². The summed E-state index contributed by atoms with van der Waals surface area (Å²) >= 11 is 0. The van der Waals surface area contributed by atoms with Crippen molar-refractivity contribution < 1.29 is 18.7 Å². The molecular weight excluding hydrogens is 190 g/mol. The van der Waals surface area contributed by atoms with Crippen molar-refractivity contribution in [2.75, 3.05) is 0 Å². The predicted octanol–water partition coefficient (Wildman–Crippen LogP) is 2.92. The molecule has 0 aromatic heterocycles. The van der Waals surface area contributed by atoms with E-state index in [0.717, 1.165) is 6.42 Å². The van der Waals surface area contributed by atoms with Gasteiger partial charge >= 0.3 is 11.9 Å². The third-order valence-electron chi connectivity index (χ3n) is 3.00. The van der Waals surface area contributed by atoms with Gasteiger partial charge in [-0.2, -0.15) is 8.78 Å². The highest BCUT2D eigenvalue weighted by atomic mass is 19.3. The number of carbonyl (C=O) groups is 1. The molecule has 1 rings (SSSR count). The van der Waals surface area contributed by atoms with Crippen molar-refractivity contribution in [3.63, 3.8) is 0 Å². The van der Waals surface area contributed by atoms with Gasteiger partial charge in [-0.15, -0.1) is 0 Å². The zero-order valence-corrected chi connectivity index (χ0v) is 8.52. The predicted molar refractivity (Wildman–Crippen MR) is 48.3 cm³/mol. The molecular formula is C10H16F2O2. The van der Waals surface area contributed by atoms with Crippen LogP contribution in [0.25, 0.3) is 0 Å². The van der Waals surface area contributed by atoms with Gasteiger partial charge in [0, 0.05) is 5.92 Å². The summed E-state index contributed by atoms with van der Waals surface area (Å²) in [4.78, 5) is 10.4. The second kappa shape index (κ2) is 3.48. The van der Waals surface area contributed by atoms with Crippen molar-refractivity contribution in [3.05, 3.63) is 0 Å². The van der Waals surface area contributed by atoms with E-state index in [0.29, 0.717) is 19.3 Å². The Bertz CT molecular complexity index is 236. The monoisotopic (exact) mass is 206 g/mol. The molecule has 0 aromatic rings. The Morgan fingerprint density at radius 2 is 2.07 bits per heavy atom. The molecule has 0 saturated heterocycles. The van der Waals surface area contributed by atoms with Gasteiger partial charge < -0.3 is 5.11 Å². The lowest BCUT2D eigenvalue weighted by molar-refractivity contribution is -0.177. The first-order valence-corrected chi connectivity index (χ1v) is 4.87. The van der Waals surface area contributed by atoms with Crippen LogP contribution in [-0.4, -0.2) is 17.0 Å². The van der Waals surface area contributed by atoms with Crippen LogP contribution in [0.2, 0.25) is 0 Å². The second-order valence-corrected chi connectivity index (χ2v) is 4.89. The summed E-state index contributed by atoms with van der Waals surface area (Å²) in [6, 6.07) is 0. The molecule has 1 aliphatic rings. The molecule has 2 nitrogen and oxygen atoms in total. The molecule has 1 unspecified atom stereocenters. The summed E-state index contributed by atoms with van der Waals surface area (Å²) in [6.45, 7) is 3.83. The molecule has 0 radical (unpaired) electrons. The van der Waals surface area contributed by atoms with E-state index < -0.39 is 17.8 Å². The highest BCUT2D eigenvalue weighted by Crippen LogP contribution is 2.44. The summed E-state index contributed by atoms with van der Waals surface area (Å²) in [5.41, 5.74) is -0.151. The van der Waals surface area contributed by atoms with E-state index in [4.69, 9.17) is 5.11 Å². The first-order chi connectivity index (χ1) is 6.26. The Kier molecular flexibility index (Phi) is 2.83. The summed E-state index contributed by atoms with van der Waals surface area (Å²) in [7, 11) is 0. The topological polar surface area (TPSA) is 37.3 Å². The normalized spacial score (nSPS) is 27.3. The van der Waals surface area contributed by atoms with Crippen LogP contribution in [-0.2, 0) is 4.79 Å². The highest BCUT2D eigenvalue weighted by molar-refractivity contribution is 5.75. The SMILES string of the molecule is CC1(C)CCCC(C(F)(F)C(=O)O)C1. The van der Waals surface area contributed by atoms with Crippen molar-refractivity contribution in [3.8, 4) is 0 Å². The Morgan fingerprint density at radius 1 is 1.50 bits per heavy atom. The van der Waals surface area contributed by atoms with Crippen LogP contribution in [0.5, 0.6) is 0 Å². The smallest absolute Gasteiger partial charge is 0.374 e. The van der Waals surface area contributed by atoms with E-state index in [2.05, 4.69) is 0 Å². The summed E-state index contributed by atoms with van der Waals surface area (Å²) in [6.07, 6.45) is 2.22. The van der Waals surface area contributed by atoms with E-state index in [1.165, 1.54) is 0 Å². The number of halogens is 2. The maximum Gasteiger partial charge on any atom is 0.374 e. The largest absolute Gasteiger partial charge is 0.477 e.